The molecular formula is C20H16FN5O. The molecule has 1 N–H and O–H groups in total. The van der Waals surface area contributed by atoms with Crippen molar-refractivity contribution in [1.82, 2.24) is 19.7 Å². The van der Waals surface area contributed by atoms with Gasteiger partial charge in [-0.1, -0.05) is 6.07 Å². The van der Waals surface area contributed by atoms with Gasteiger partial charge in [-0.15, -0.1) is 0 Å². The average Bonchev–Trinajstić information content (AvgIpc) is 3.07. The molecule has 0 aliphatic heterocycles. The van der Waals surface area contributed by atoms with E-state index in [2.05, 4.69) is 20.4 Å². The molecule has 0 spiro atoms. The van der Waals surface area contributed by atoms with Gasteiger partial charge in [0.2, 0.25) is 0 Å². The maximum atomic E-state index is 13.3. The van der Waals surface area contributed by atoms with E-state index in [-0.39, 0.29) is 11.7 Å². The van der Waals surface area contributed by atoms with E-state index in [1.807, 2.05) is 25.1 Å². The van der Waals surface area contributed by atoms with Crippen LogP contribution in [0, 0.1) is 12.7 Å². The Kier molecular flexibility index (Phi) is 4.12. The van der Waals surface area contributed by atoms with Gasteiger partial charge in [0, 0.05) is 18.6 Å². The van der Waals surface area contributed by atoms with Gasteiger partial charge in [0.05, 0.1) is 28.8 Å². The third kappa shape index (κ3) is 3.27. The highest BCUT2D eigenvalue weighted by Gasteiger charge is 2.12. The molecule has 134 valence electrons. The highest BCUT2D eigenvalue weighted by atomic mass is 19.1. The molecule has 6 nitrogen and oxygen atoms in total. The third-order valence-corrected chi connectivity index (χ3v) is 4.28. The van der Waals surface area contributed by atoms with Crippen molar-refractivity contribution in [2.24, 2.45) is 7.05 Å². The molecule has 0 fully saturated rings. The SMILES string of the molecule is Cc1cc(NC(=O)c2ccnn2C)cnc1-c1ccc2cc(F)ccc2n1. The van der Waals surface area contributed by atoms with Crippen LogP contribution in [-0.2, 0) is 7.05 Å². The summed E-state index contributed by atoms with van der Waals surface area (Å²) in [5, 5.41) is 7.54. The Hall–Kier alpha value is -3.61. The highest BCUT2D eigenvalue weighted by molar-refractivity contribution is 6.03. The smallest absolute Gasteiger partial charge is 0.273 e. The third-order valence-electron chi connectivity index (χ3n) is 4.28. The van der Waals surface area contributed by atoms with Gasteiger partial charge in [-0.25, -0.2) is 9.37 Å². The van der Waals surface area contributed by atoms with Crippen LogP contribution in [0.4, 0.5) is 10.1 Å². The van der Waals surface area contributed by atoms with E-state index in [0.717, 1.165) is 10.9 Å². The van der Waals surface area contributed by atoms with Crippen molar-refractivity contribution in [3.05, 3.63) is 71.9 Å². The Bertz CT molecular complexity index is 1170. The van der Waals surface area contributed by atoms with Crippen LogP contribution in [0.5, 0.6) is 0 Å². The molecule has 0 aliphatic rings. The summed E-state index contributed by atoms with van der Waals surface area (Å²) in [5.74, 6) is -0.547. The van der Waals surface area contributed by atoms with Crippen LogP contribution >= 0.6 is 0 Å². The molecule has 0 atom stereocenters. The quantitative estimate of drug-likeness (QED) is 0.603. The fourth-order valence-electron chi connectivity index (χ4n) is 2.93. The number of hydrogen-bond donors (Lipinski definition) is 1. The lowest BCUT2D eigenvalue weighted by molar-refractivity contribution is 0.101. The van der Waals surface area contributed by atoms with E-state index in [9.17, 15) is 9.18 Å². The van der Waals surface area contributed by atoms with Crippen LogP contribution in [-0.4, -0.2) is 25.7 Å². The van der Waals surface area contributed by atoms with Crippen molar-refractivity contribution in [3.8, 4) is 11.4 Å². The summed E-state index contributed by atoms with van der Waals surface area (Å²) in [6.45, 7) is 1.90. The molecular weight excluding hydrogens is 345 g/mol. The number of carbonyl (C=O) groups is 1. The van der Waals surface area contributed by atoms with Gasteiger partial charge in [0.25, 0.3) is 5.91 Å². The van der Waals surface area contributed by atoms with Crippen molar-refractivity contribution in [1.29, 1.82) is 0 Å². The summed E-state index contributed by atoms with van der Waals surface area (Å²) >= 11 is 0. The van der Waals surface area contributed by atoms with Gasteiger partial charge in [-0.3, -0.25) is 14.5 Å². The van der Waals surface area contributed by atoms with E-state index in [4.69, 9.17) is 0 Å². The summed E-state index contributed by atoms with van der Waals surface area (Å²) in [4.78, 5) is 21.3. The second kappa shape index (κ2) is 6.60. The zero-order chi connectivity index (χ0) is 19.0. The standard InChI is InChI=1S/C20H16FN5O/c1-12-9-15(24-20(27)18-7-8-23-26(18)2)11-22-19(12)17-5-3-13-10-14(21)4-6-16(13)25-17/h3-11H,1-2H3,(H,24,27). The monoisotopic (exact) mass is 361 g/mol. The van der Waals surface area contributed by atoms with Crippen molar-refractivity contribution in [2.75, 3.05) is 5.32 Å². The van der Waals surface area contributed by atoms with E-state index < -0.39 is 0 Å². The summed E-state index contributed by atoms with van der Waals surface area (Å²) in [5.41, 5.74) is 4.01. The van der Waals surface area contributed by atoms with Crippen LogP contribution in [0.3, 0.4) is 0 Å². The van der Waals surface area contributed by atoms with Crippen molar-refractivity contribution in [2.45, 2.75) is 6.92 Å². The number of halogens is 1. The number of nitrogens with one attached hydrogen (secondary N) is 1. The molecule has 0 unspecified atom stereocenters. The highest BCUT2D eigenvalue weighted by Crippen LogP contribution is 2.24. The lowest BCUT2D eigenvalue weighted by Crippen LogP contribution is -2.16. The number of carbonyl (C=O) groups excluding carboxylic acids is 1. The predicted octanol–water partition coefficient (Wildman–Crippen LogP) is 3.73. The maximum Gasteiger partial charge on any atom is 0.273 e. The minimum atomic E-state index is -0.292. The number of pyridine rings is 2. The van der Waals surface area contributed by atoms with Crippen molar-refractivity contribution < 1.29 is 9.18 Å². The Morgan fingerprint density at radius 1 is 1.15 bits per heavy atom. The Balaban J connectivity index is 1.63. The maximum absolute atomic E-state index is 13.3. The molecule has 0 radical (unpaired) electrons. The zero-order valence-electron chi connectivity index (χ0n) is 14.8. The van der Waals surface area contributed by atoms with E-state index in [1.165, 1.54) is 16.8 Å². The number of nitrogens with zero attached hydrogens (tertiary/aromatic N) is 4. The Morgan fingerprint density at radius 3 is 2.74 bits per heavy atom. The fraction of sp³-hybridized carbons (Fsp3) is 0.100. The fourth-order valence-corrected chi connectivity index (χ4v) is 2.93. The Labute approximate surface area is 154 Å². The lowest BCUT2D eigenvalue weighted by atomic mass is 10.1. The minimum absolute atomic E-state index is 0.255. The van der Waals surface area contributed by atoms with Gasteiger partial charge in [0.15, 0.2) is 0 Å². The summed E-state index contributed by atoms with van der Waals surface area (Å²) in [6.07, 6.45) is 3.16. The van der Waals surface area contributed by atoms with Gasteiger partial charge in [0.1, 0.15) is 11.5 Å². The number of rotatable bonds is 3. The molecule has 3 aromatic heterocycles. The first-order valence-corrected chi connectivity index (χ1v) is 8.34. The van der Waals surface area contributed by atoms with Gasteiger partial charge in [-0.05, 0) is 48.9 Å². The summed E-state index contributed by atoms with van der Waals surface area (Å²) in [7, 11) is 1.71. The number of amides is 1. The molecule has 0 saturated carbocycles. The van der Waals surface area contributed by atoms with Crippen LogP contribution in [0.25, 0.3) is 22.3 Å². The number of aromatic nitrogens is 4. The summed E-state index contributed by atoms with van der Waals surface area (Å²) < 4.78 is 14.8. The molecule has 3 heterocycles. The number of hydrogen-bond acceptors (Lipinski definition) is 4. The molecule has 4 aromatic rings. The van der Waals surface area contributed by atoms with Crippen molar-refractivity contribution in [3.63, 3.8) is 0 Å². The van der Waals surface area contributed by atoms with Gasteiger partial charge >= 0.3 is 0 Å². The molecule has 4 rings (SSSR count). The first kappa shape index (κ1) is 16.8. The largest absolute Gasteiger partial charge is 0.319 e. The lowest BCUT2D eigenvalue weighted by Gasteiger charge is -2.09. The molecule has 0 bridgehead atoms. The first-order valence-electron chi connectivity index (χ1n) is 8.34. The summed E-state index contributed by atoms with van der Waals surface area (Å²) in [6, 6.07) is 11.6. The van der Waals surface area contributed by atoms with Gasteiger partial charge < -0.3 is 5.32 Å². The minimum Gasteiger partial charge on any atom is -0.319 e. The molecule has 1 aromatic carbocycles. The molecule has 1 amide bonds. The van der Waals surface area contributed by atoms with Gasteiger partial charge in [-0.2, -0.15) is 5.10 Å². The van der Waals surface area contributed by atoms with Crippen LogP contribution < -0.4 is 5.32 Å². The predicted molar refractivity (Wildman–Crippen MR) is 101 cm³/mol. The van der Waals surface area contributed by atoms with Crippen LogP contribution in [0.2, 0.25) is 0 Å². The van der Waals surface area contributed by atoms with Crippen molar-refractivity contribution >= 4 is 22.5 Å². The normalized spacial score (nSPS) is 10.9. The zero-order valence-corrected chi connectivity index (χ0v) is 14.8. The second-order valence-electron chi connectivity index (χ2n) is 6.22. The average molecular weight is 361 g/mol. The number of aryl methyl sites for hydroxylation is 2. The molecule has 0 aliphatic carbocycles. The Morgan fingerprint density at radius 2 is 2.00 bits per heavy atom. The first-order chi connectivity index (χ1) is 13.0. The van der Waals surface area contributed by atoms with E-state index in [0.29, 0.717) is 28.3 Å². The van der Waals surface area contributed by atoms with E-state index in [1.54, 1.807) is 31.6 Å². The number of fused-ring (bicyclic) bond motifs is 1. The number of benzene rings is 1. The second-order valence-corrected chi connectivity index (χ2v) is 6.22. The van der Waals surface area contributed by atoms with E-state index >= 15 is 0 Å². The molecule has 27 heavy (non-hydrogen) atoms. The molecule has 7 heteroatoms. The van der Waals surface area contributed by atoms with Crippen LogP contribution in [0.15, 0.2) is 54.9 Å². The van der Waals surface area contributed by atoms with Crippen LogP contribution in [0.1, 0.15) is 16.1 Å². The number of anilines is 1. The topological polar surface area (TPSA) is 72.7 Å². The molecule has 0 saturated heterocycles.